The van der Waals surface area contributed by atoms with Crippen molar-refractivity contribution in [2.75, 3.05) is 24.0 Å². The van der Waals surface area contributed by atoms with Crippen molar-refractivity contribution in [2.24, 2.45) is 11.1 Å². The predicted molar refractivity (Wildman–Crippen MR) is 163 cm³/mol. The van der Waals surface area contributed by atoms with Crippen LogP contribution in [-0.2, 0) is 30.9 Å². The molecule has 1 heterocycles. The molecule has 1 aliphatic heterocycles. The van der Waals surface area contributed by atoms with E-state index in [4.69, 9.17) is 9.57 Å². The quantitative estimate of drug-likeness (QED) is 0.214. The zero-order valence-corrected chi connectivity index (χ0v) is 25.7. The predicted octanol–water partition coefficient (Wildman–Crippen LogP) is 3.26. The number of amides is 3. The van der Waals surface area contributed by atoms with Crippen molar-refractivity contribution in [1.82, 2.24) is 10.0 Å². The Hall–Kier alpha value is -4.17. The van der Waals surface area contributed by atoms with Gasteiger partial charge in [0.1, 0.15) is 17.9 Å². The van der Waals surface area contributed by atoms with E-state index in [2.05, 4.69) is 25.8 Å². The van der Waals surface area contributed by atoms with Gasteiger partial charge in [0.2, 0.25) is 15.9 Å². The number of urea groups is 1. The number of para-hydroxylation sites is 1. The Kier molecular flexibility index (Phi) is 11.5. The molecule has 0 aliphatic carbocycles. The van der Waals surface area contributed by atoms with E-state index < -0.39 is 40.2 Å². The number of sulfonamides is 1. The van der Waals surface area contributed by atoms with Crippen LogP contribution in [0.25, 0.3) is 0 Å². The summed E-state index contributed by atoms with van der Waals surface area (Å²) in [5, 5.41) is 22.1. The molecule has 5 N–H and O–H groups in total. The maximum Gasteiger partial charge on any atom is 0.323 e. The highest BCUT2D eigenvalue weighted by molar-refractivity contribution is 7.88. The summed E-state index contributed by atoms with van der Waals surface area (Å²) < 4.78 is 30.6. The number of rotatable bonds is 14. The molecule has 0 radical (unpaired) electrons. The lowest BCUT2D eigenvalue weighted by atomic mass is 9.95. The molecule has 0 fully saturated rings. The van der Waals surface area contributed by atoms with E-state index in [0.717, 1.165) is 11.8 Å². The van der Waals surface area contributed by atoms with E-state index in [1.165, 1.54) is 7.11 Å². The van der Waals surface area contributed by atoms with Crippen LogP contribution in [0.1, 0.15) is 44.2 Å². The number of hydrogen-bond acceptors (Lipinski definition) is 8. The fourth-order valence-electron chi connectivity index (χ4n) is 4.62. The normalized spacial score (nSPS) is 16.0. The highest BCUT2D eigenvalue weighted by Crippen LogP contribution is 2.27. The van der Waals surface area contributed by atoms with Gasteiger partial charge in [0.25, 0.3) is 0 Å². The largest absolute Gasteiger partial charge is 0.495 e. The van der Waals surface area contributed by atoms with Crippen molar-refractivity contribution in [3.05, 3.63) is 53.6 Å². The van der Waals surface area contributed by atoms with Gasteiger partial charge in [-0.2, -0.15) is 0 Å². The average molecular weight is 618 g/mol. The maximum absolute atomic E-state index is 13.1. The monoisotopic (exact) mass is 617 g/mol. The van der Waals surface area contributed by atoms with Gasteiger partial charge in [0, 0.05) is 18.5 Å². The Bertz CT molecular complexity index is 1460. The lowest BCUT2D eigenvalue weighted by Crippen LogP contribution is -2.44. The Morgan fingerprint density at radius 2 is 1.81 bits per heavy atom. The summed E-state index contributed by atoms with van der Waals surface area (Å²) in [6.07, 6.45) is 0.929. The number of benzene rings is 2. The Morgan fingerprint density at radius 3 is 2.44 bits per heavy atom. The number of carbonyl (C=O) groups is 3. The number of nitrogens with zero attached hydrogens (tertiary/aromatic N) is 1. The molecular formula is C29H39N5O8S. The van der Waals surface area contributed by atoms with E-state index >= 15 is 0 Å². The summed E-state index contributed by atoms with van der Waals surface area (Å²) in [6, 6.07) is 10.2. The van der Waals surface area contributed by atoms with Crippen LogP contribution in [0, 0.1) is 12.8 Å². The SMILES string of the molecule is COc1cc(CC(=O)NC(CC(C)C)C2=NOC(CC(NS(C)(=O)=O)C(=O)O)C2)ccc1NC(=O)Nc1ccccc1C. The number of methoxy groups -OCH3 is 1. The highest BCUT2D eigenvalue weighted by Gasteiger charge is 2.33. The molecule has 43 heavy (non-hydrogen) atoms. The molecular weight excluding hydrogens is 578 g/mol. The second-order valence-electron chi connectivity index (χ2n) is 10.9. The summed E-state index contributed by atoms with van der Waals surface area (Å²) in [5.74, 6) is -1.02. The van der Waals surface area contributed by atoms with E-state index in [1.54, 1.807) is 24.3 Å². The lowest BCUT2D eigenvalue weighted by Gasteiger charge is -2.21. The van der Waals surface area contributed by atoms with Gasteiger partial charge >= 0.3 is 12.0 Å². The van der Waals surface area contributed by atoms with E-state index in [0.29, 0.717) is 34.8 Å². The highest BCUT2D eigenvalue weighted by atomic mass is 32.2. The molecule has 0 spiro atoms. The molecule has 0 bridgehead atoms. The van der Waals surface area contributed by atoms with E-state index in [9.17, 15) is 27.9 Å². The van der Waals surface area contributed by atoms with Gasteiger partial charge in [-0.05, 0) is 48.6 Å². The van der Waals surface area contributed by atoms with Gasteiger partial charge in [0.05, 0.1) is 37.2 Å². The number of carbonyl (C=O) groups excluding carboxylic acids is 2. The van der Waals surface area contributed by atoms with Gasteiger partial charge in [-0.15, -0.1) is 0 Å². The minimum absolute atomic E-state index is 0.0254. The summed E-state index contributed by atoms with van der Waals surface area (Å²) in [5.41, 5.74) is 3.23. The first-order chi connectivity index (χ1) is 20.2. The van der Waals surface area contributed by atoms with Crippen molar-refractivity contribution >= 4 is 45.0 Å². The third kappa shape index (κ3) is 10.6. The van der Waals surface area contributed by atoms with Crippen LogP contribution in [-0.4, -0.2) is 68.7 Å². The first-order valence-corrected chi connectivity index (χ1v) is 15.7. The number of ether oxygens (including phenoxy) is 1. The van der Waals surface area contributed by atoms with Crippen molar-refractivity contribution in [3.8, 4) is 5.75 Å². The second kappa shape index (κ2) is 14.8. The second-order valence-corrected chi connectivity index (χ2v) is 12.7. The van der Waals surface area contributed by atoms with Crippen molar-refractivity contribution in [3.63, 3.8) is 0 Å². The van der Waals surface area contributed by atoms with E-state index in [1.807, 2.05) is 39.0 Å². The molecule has 0 saturated carbocycles. The number of anilines is 2. The number of carboxylic acid groups (broad SMARTS) is 1. The Morgan fingerprint density at radius 1 is 1.12 bits per heavy atom. The number of aryl methyl sites for hydroxylation is 1. The number of nitrogens with one attached hydrogen (secondary N) is 4. The zero-order valence-electron chi connectivity index (χ0n) is 24.8. The Labute approximate surface area is 251 Å². The standard InChI is InChI=1S/C29H39N5O8S/c1-17(2)12-23(24-15-20(42-33-24)16-25(28(36)37)34-43(5,39)40)30-27(35)14-19-10-11-22(26(13-19)41-4)32-29(38)31-21-9-7-6-8-18(21)3/h6-11,13,17,20,23,25,34H,12,14-16H2,1-5H3,(H,30,35)(H,36,37)(H2,31,32,38). The molecule has 3 unspecified atom stereocenters. The summed E-state index contributed by atoms with van der Waals surface area (Å²) in [7, 11) is -2.27. The topological polar surface area (TPSA) is 185 Å². The fraction of sp³-hybridized carbons (Fsp3) is 0.448. The minimum atomic E-state index is -3.74. The molecule has 2 aromatic rings. The molecule has 3 rings (SSSR count). The average Bonchev–Trinajstić information content (AvgIpc) is 3.37. The number of hydrogen-bond donors (Lipinski definition) is 5. The molecule has 0 saturated heterocycles. The van der Waals surface area contributed by atoms with Crippen LogP contribution in [0.4, 0.5) is 16.2 Å². The van der Waals surface area contributed by atoms with Crippen LogP contribution >= 0.6 is 0 Å². The molecule has 13 nitrogen and oxygen atoms in total. The molecule has 0 aromatic heterocycles. The lowest BCUT2D eigenvalue weighted by molar-refractivity contribution is -0.140. The van der Waals surface area contributed by atoms with Gasteiger partial charge < -0.3 is 30.6 Å². The maximum atomic E-state index is 13.1. The van der Waals surface area contributed by atoms with Gasteiger partial charge in [-0.25, -0.2) is 17.9 Å². The molecule has 3 atom stereocenters. The summed E-state index contributed by atoms with van der Waals surface area (Å²) in [4.78, 5) is 42.6. The van der Waals surface area contributed by atoms with Crippen LogP contribution in [0.5, 0.6) is 5.75 Å². The first kappa shape index (κ1) is 33.3. The zero-order chi connectivity index (χ0) is 31.7. The third-order valence-corrected chi connectivity index (χ3v) is 7.34. The molecule has 14 heteroatoms. The van der Waals surface area contributed by atoms with Crippen LogP contribution in [0.15, 0.2) is 47.6 Å². The number of carboxylic acids is 1. The van der Waals surface area contributed by atoms with Crippen molar-refractivity contribution in [2.45, 2.75) is 64.6 Å². The Balaban J connectivity index is 1.62. The van der Waals surface area contributed by atoms with Gasteiger partial charge in [0.15, 0.2) is 0 Å². The smallest absolute Gasteiger partial charge is 0.323 e. The van der Waals surface area contributed by atoms with Crippen molar-refractivity contribution in [1.29, 1.82) is 0 Å². The van der Waals surface area contributed by atoms with Gasteiger partial charge in [-0.3, -0.25) is 9.59 Å². The molecule has 2 aromatic carbocycles. The number of oxime groups is 1. The fourth-order valence-corrected chi connectivity index (χ4v) is 5.34. The van der Waals surface area contributed by atoms with Crippen molar-refractivity contribution < 1.29 is 37.5 Å². The summed E-state index contributed by atoms with van der Waals surface area (Å²) >= 11 is 0. The molecule has 234 valence electrons. The molecule has 3 amide bonds. The number of aliphatic carboxylic acids is 1. The van der Waals surface area contributed by atoms with Crippen LogP contribution < -0.4 is 25.4 Å². The van der Waals surface area contributed by atoms with E-state index in [-0.39, 0.29) is 31.1 Å². The van der Waals surface area contributed by atoms with Crippen LogP contribution in [0.2, 0.25) is 0 Å². The third-order valence-electron chi connectivity index (χ3n) is 6.63. The molecule has 1 aliphatic rings. The summed E-state index contributed by atoms with van der Waals surface area (Å²) in [6.45, 7) is 5.88. The van der Waals surface area contributed by atoms with Crippen LogP contribution in [0.3, 0.4) is 0 Å². The first-order valence-electron chi connectivity index (χ1n) is 13.8. The minimum Gasteiger partial charge on any atom is -0.495 e. The van der Waals surface area contributed by atoms with Gasteiger partial charge in [-0.1, -0.05) is 43.3 Å².